The number of hydrogen-bond acceptors (Lipinski definition) is 3. The number of hydrogen-bond donors (Lipinski definition) is 2. The van der Waals surface area contributed by atoms with Gasteiger partial charge >= 0.3 is 0 Å². The number of aryl methyl sites for hydroxylation is 2. The van der Waals surface area contributed by atoms with Gasteiger partial charge in [-0.05, 0) is 62.9 Å². The number of aliphatic hydroxyl groups is 1. The van der Waals surface area contributed by atoms with Crippen molar-refractivity contribution in [2.45, 2.75) is 46.3 Å². The van der Waals surface area contributed by atoms with Crippen molar-refractivity contribution in [1.29, 1.82) is 0 Å². The van der Waals surface area contributed by atoms with E-state index in [1.807, 2.05) is 32.9 Å². The molecule has 2 rings (SSSR count). The van der Waals surface area contributed by atoms with Crippen molar-refractivity contribution in [2.24, 2.45) is 5.92 Å². The first-order chi connectivity index (χ1) is 9.86. The summed E-state index contributed by atoms with van der Waals surface area (Å²) >= 11 is 0. The van der Waals surface area contributed by atoms with Crippen LogP contribution in [0.5, 0.6) is 0 Å². The molecule has 1 fully saturated rings. The lowest BCUT2D eigenvalue weighted by molar-refractivity contribution is -0.122. The molecule has 116 valence electrons. The van der Waals surface area contributed by atoms with Gasteiger partial charge in [-0.15, -0.1) is 0 Å². The number of piperidine rings is 1. The Labute approximate surface area is 127 Å². The van der Waals surface area contributed by atoms with Crippen molar-refractivity contribution < 1.29 is 9.90 Å². The molecule has 3 atom stereocenters. The lowest BCUT2D eigenvalue weighted by Crippen LogP contribution is -2.50. The number of benzene rings is 1. The highest BCUT2D eigenvalue weighted by molar-refractivity contribution is 5.94. The number of anilines is 1. The number of carbonyl (C=O) groups excluding carboxylic acids is 1. The van der Waals surface area contributed by atoms with Crippen LogP contribution in [0.4, 0.5) is 5.69 Å². The van der Waals surface area contributed by atoms with Gasteiger partial charge in [-0.1, -0.05) is 13.0 Å². The van der Waals surface area contributed by atoms with Crippen LogP contribution in [0, 0.1) is 19.8 Å². The van der Waals surface area contributed by atoms with E-state index in [2.05, 4.69) is 23.2 Å². The molecule has 21 heavy (non-hydrogen) atoms. The Morgan fingerprint density at radius 3 is 2.52 bits per heavy atom. The SMILES string of the molecule is Cc1cc(C)cc(NC(=O)C(C)N2CCC(C)C(O)C2)c1. The second-order valence-electron chi connectivity index (χ2n) is 6.37. The Balaban J connectivity index is 1.99. The Kier molecular flexibility index (Phi) is 5.01. The van der Waals surface area contributed by atoms with Gasteiger partial charge in [-0.3, -0.25) is 9.69 Å². The topological polar surface area (TPSA) is 52.6 Å². The molecule has 0 spiro atoms. The maximum absolute atomic E-state index is 12.4. The molecule has 1 aromatic carbocycles. The van der Waals surface area contributed by atoms with Gasteiger partial charge in [0.05, 0.1) is 12.1 Å². The van der Waals surface area contributed by atoms with Gasteiger partial charge in [-0.25, -0.2) is 0 Å². The average Bonchev–Trinajstić information content (AvgIpc) is 2.39. The van der Waals surface area contributed by atoms with Gasteiger partial charge in [0.15, 0.2) is 0 Å². The van der Waals surface area contributed by atoms with E-state index < -0.39 is 0 Å². The summed E-state index contributed by atoms with van der Waals surface area (Å²) in [6.45, 7) is 9.44. The van der Waals surface area contributed by atoms with Gasteiger partial charge in [0.2, 0.25) is 5.91 Å². The third kappa shape index (κ3) is 4.05. The molecule has 4 nitrogen and oxygen atoms in total. The summed E-state index contributed by atoms with van der Waals surface area (Å²) in [6.07, 6.45) is 0.595. The zero-order valence-electron chi connectivity index (χ0n) is 13.4. The third-order valence-electron chi connectivity index (χ3n) is 4.37. The minimum atomic E-state index is -0.338. The van der Waals surface area contributed by atoms with Crippen LogP contribution >= 0.6 is 0 Å². The van der Waals surface area contributed by atoms with E-state index >= 15 is 0 Å². The van der Waals surface area contributed by atoms with E-state index in [1.165, 1.54) is 0 Å². The van der Waals surface area contributed by atoms with E-state index in [-0.39, 0.29) is 18.1 Å². The quantitative estimate of drug-likeness (QED) is 0.898. The summed E-state index contributed by atoms with van der Waals surface area (Å²) in [5, 5.41) is 13.0. The Hall–Kier alpha value is -1.39. The van der Waals surface area contributed by atoms with Crippen molar-refractivity contribution in [3.8, 4) is 0 Å². The van der Waals surface area contributed by atoms with Crippen molar-refractivity contribution in [2.75, 3.05) is 18.4 Å². The van der Waals surface area contributed by atoms with E-state index in [0.717, 1.165) is 29.8 Å². The molecule has 0 radical (unpaired) electrons. The maximum Gasteiger partial charge on any atom is 0.241 e. The predicted octanol–water partition coefficient (Wildman–Crippen LogP) is 2.33. The summed E-state index contributed by atoms with van der Waals surface area (Å²) in [7, 11) is 0. The van der Waals surface area contributed by atoms with Crippen molar-refractivity contribution in [1.82, 2.24) is 4.90 Å². The van der Waals surface area contributed by atoms with Gasteiger partial charge in [0.1, 0.15) is 0 Å². The van der Waals surface area contributed by atoms with Crippen LogP contribution in [-0.2, 0) is 4.79 Å². The molecule has 1 aliphatic rings. The first kappa shape index (κ1) is 16.0. The monoisotopic (exact) mass is 290 g/mol. The molecule has 0 saturated carbocycles. The summed E-state index contributed by atoms with van der Waals surface area (Å²) < 4.78 is 0. The average molecular weight is 290 g/mol. The number of rotatable bonds is 3. The van der Waals surface area contributed by atoms with Crippen LogP contribution in [0.25, 0.3) is 0 Å². The molecule has 0 aromatic heterocycles. The van der Waals surface area contributed by atoms with Crippen LogP contribution < -0.4 is 5.32 Å². The molecule has 4 heteroatoms. The Morgan fingerprint density at radius 1 is 1.33 bits per heavy atom. The second-order valence-corrected chi connectivity index (χ2v) is 6.37. The first-order valence-corrected chi connectivity index (χ1v) is 7.68. The summed E-state index contributed by atoms with van der Waals surface area (Å²) in [6, 6.07) is 5.81. The number of nitrogens with one attached hydrogen (secondary N) is 1. The molecule has 1 aliphatic heterocycles. The molecule has 3 unspecified atom stereocenters. The molecular weight excluding hydrogens is 264 g/mol. The molecule has 1 heterocycles. The van der Waals surface area contributed by atoms with Crippen LogP contribution in [-0.4, -0.2) is 41.1 Å². The van der Waals surface area contributed by atoms with Gasteiger partial charge < -0.3 is 10.4 Å². The van der Waals surface area contributed by atoms with Crippen LogP contribution in [0.15, 0.2) is 18.2 Å². The first-order valence-electron chi connectivity index (χ1n) is 7.68. The molecule has 1 aromatic rings. The fourth-order valence-electron chi connectivity index (χ4n) is 2.88. The minimum Gasteiger partial charge on any atom is -0.392 e. The fraction of sp³-hybridized carbons (Fsp3) is 0.588. The minimum absolute atomic E-state index is 0.0123. The third-order valence-corrected chi connectivity index (χ3v) is 4.37. The zero-order chi connectivity index (χ0) is 15.6. The molecule has 2 N–H and O–H groups in total. The van der Waals surface area contributed by atoms with Gasteiger partial charge in [0.25, 0.3) is 0 Å². The number of carbonyl (C=O) groups is 1. The molecule has 0 bridgehead atoms. The molecule has 1 amide bonds. The lowest BCUT2D eigenvalue weighted by Gasteiger charge is -2.37. The highest BCUT2D eigenvalue weighted by Gasteiger charge is 2.30. The van der Waals surface area contributed by atoms with Gasteiger partial charge in [0, 0.05) is 12.2 Å². The van der Waals surface area contributed by atoms with Gasteiger partial charge in [-0.2, -0.15) is 0 Å². The number of likely N-dealkylation sites (tertiary alicyclic amines) is 1. The fourth-order valence-corrected chi connectivity index (χ4v) is 2.88. The zero-order valence-corrected chi connectivity index (χ0v) is 13.4. The van der Waals surface area contributed by atoms with E-state index in [4.69, 9.17) is 0 Å². The highest BCUT2D eigenvalue weighted by Crippen LogP contribution is 2.20. The number of nitrogens with zero attached hydrogens (tertiary/aromatic N) is 1. The standard InChI is InChI=1S/C17H26N2O2/c1-11-7-12(2)9-15(8-11)18-17(21)14(4)19-6-5-13(3)16(20)10-19/h7-9,13-14,16,20H,5-6,10H2,1-4H3,(H,18,21). The molecule has 1 saturated heterocycles. The summed E-state index contributed by atoms with van der Waals surface area (Å²) in [5.41, 5.74) is 3.12. The van der Waals surface area contributed by atoms with E-state index in [1.54, 1.807) is 0 Å². The maximum atomic E-state index is 12.4. The van der Waals surface area contributed by atoms with Crippen molar-refractivity contribution in [3.05, 3.63) is 29.3 Å². The number of β-amino-alcohol motifs (C(OH)–C–C–N with tert-alkyl or cyclic N) is 1. The van der Waals surface area contributed by atoms with Crippen molar-refractivity contribution in [3.63, 3.8) is 0 Å². The summed E-state index contributed by atoms with van der Waals surface area (Å²) in [4.78, 5) is 14.4. The van der Waals surface area contributed by atoms with Crippen LogP contribution in [0.1, 0.15) is 31.4 Å². The highest BCUT2D eigenvalue weighted by atomic mass is 16.3. The smallest absolute Gasteiger partial charge is 0.241 e. The predicted molar refractivity (Wildman–Crippen MR) is 85.4 cm³/mol. The molecular formula is C17H26N2O2. The number of aliphatic hydroxyl groups excluding tert-OH is 1. The summed E-state index contributed by atoms with van der Waals surface area (Å²) in [5.74, 6) is 0.303. The van der Waals surface area contributed by atoms with E-state index in [0.29, 0.717) is 12.5 Å². The number of amides is 1. The molecule has 0 aliphatic carbocycles. The van der Waals surface area contributed by atoms with Crippen molar-refractivity contribution >= 4 is 11.6 Å². The normalized spacial score (nSPS) is 24.6. The van der Waals surface area contributed by atoms with E-state index in [9.17, 15) is 9.90 Å². The second kappa shape index (κ2) is 6.58. The lowest BCUT2D eigenvalue weighted by atomic mass is 9.95. The van der Waals surface area contributed by atoms with Crippen LogP contribution in [0.2, 0.25) is 0 Å². The Bertz CT molecular complexity index is 495. The largest absolute Gasteiger partial charge is 0.392 e. The van der Waals surface area contributed by atoms with Crippen LogP contribution in [0.3, 0.4) is 0 Å². The Morgan fingerprint density at radius 2 is 1.95 bits per heavy atom.